The molecule has 0 aliphatic carbocycles. The Labute approximate surface area is 123 Å². The molecule has 1 saturated heterocycles. The van der Waals surface area contributed by atoms with E-state index in [-0.39, 0.29) is 11.9 Å². The van der Waals surface area contributed by atoms with E-state index in [1.807, 2.05) is 31.2 Å². The molecule has 3 rings (SSSR count). The smallest absolute Gasteiger partial charge is 0.241 e. The summed E-state index contributed by atoms with van der Waals surface area (Å²) in [6.45, 7) is 2.73. The Balaban J connectivity index is 1.65. The lowest BCUT2D eigenvalue weighted by Gasteiger charge is -2.22. The molecule has 1 aromatic carbocycles. The molecule has 110 valence electrons. The highest BCUT2D eigenvalue weighted by Gasteiger charge is 2.20. The van der Waals surface area contributed by atoms with Crippen molar-refractivity contribution in [2.24, 2.45) is 0 Å². The summed E-state index contributed by atoms with van der Waals surface area (Å²) in [6.07, 6.45) is 4.79. The third-order valence-electron chi connectivity index (χ3n) is 3.69. The number of carbonyl (C=O) groups excluding carboxylic acids is 1. The van der Waals surface area contributed by atoms with Crippen molar-refractivity contribution in [2.45, 2.75) is 32.2 Å². The van der Waals surface area contributed by atoms with Gasteiger partial charge in [-0.25, -0.2) is 4.98 Å². The first kappa shape index (κ1) is 13.8. The molecule has 1 amide bonds. The fourth-order valence-corrected chi connectivity index (χ4v) is 2.53. The van der Waals surface area contributed by atoms with Crippen LogP contribution in [-0.4, -0.2) is 23.5 Å². The summed E-state index contributed by atoms with van der Waals surface area (Å²) in [4.78, 5) is 16.4. The molecule has 2 N–H and O–H groups in total. The normalized spacial score (nSPS) is 18.4. The van der Waals surface area contributed by atoms with Crippen LogP contribution in [0.25, 0.3) is 11.3 Å². The highest BCUT2D eigenvalue weighted by molar-refractivity contribution is 5.95. The molecule has 0 spiro atoms. The number of anilines is 1. The van der Waals surface area contributed by atoms with E-state index in [0.29, 0.717) is 5.89 Å². The third-order valence-corrected chi connectivity index (χ3v) is 3.69. The minimum absolute atomic E-state index is 0.0414. The van der Waals surface area contributed by atoms with Crippen molar-refractivity contribution in [3.05, 3.63) is 36.4 Å². The van der Waals surface area contributed by atoms with Crippen molar-refractivity contribution in [1.29, 1.82) is 0 Å². The van der Waals surface area contributed by atoms with Gasteiger partial charge in [-0.3, -0.25) is 4.79 Å². The highest BCUT2D eigenvalue weighted by Crippen LogP contribution is 2.21. The van der Waals surface area contributed by atoms with E-state index in [0.717, 1.165) is 42.8 Å². The van der Waals surface area contributed by atoms with Gasteiger partial charge in [-0.1, -0.05) is 18.6 Å². The second kappa shape index (κ2) is 6.10. The monoisotopic (exact) mass is 285 g/mol. The van der Waals surface area contributed by atoms with Crippen LogP contribution in [0.1, 0.15) is 25.2 Å². The van der Waals surface area contributed by atoms with Crippen LogP contribution in [0.5, 0.6) is 0 Å². The molecule has 0 radical (unpaired) electrons. The topological polar surface area (TPSA) is 67.2 Å². The number of oxazole rings is 1. The quantitative estimate of drug-likeness (QED) is 0.910. The van der Waals surface area contributed by atoms with Gasteiger partial charge in [-0.2, -0.15) is 0 Å². The summed E-state index contributed by atoms with van der Waals surface area (Å²) in [6, 6.07) is 7.57. The molecule has 2 aromatic rings. The van der Waals surface area contributed by atoms with Crippen LogP contribution in [-0.2, 0) is 4.79 Å². The average molecular weight is 285 g/mol. The Hall–Kier alpha value is -2.14. The van der Waals surface area contributed by atoms with Crippen LogP contribution in [0.2, 0.25) is 0 Å². The maximum absolute atomic E-state index is 12.1. The third kappa shape index (κ3) is 3.31. The lowest BCUT2D eigenvalue weighted by Crippen LogP contribution is -2.43. The number of amides is 1. The van der Waals surface area contributed by atoms with Gasteiger partial charge in [0.05, 0.1) is 6.04 Å². The van der Waals surface area contributed by atoms with E-state index in [1.54, 1.807) is 6.26 Å². The van der Waals surface area contributed by atoms with Crippen molar-refractivity contribution in [2.75, 3.05) is 11.9 Å². The first-order valence-electron chi connectivity index (χ1n) is 7.29. The molecule has 0 saturated carbocycles. The highest BCUT2D eigenvalue weighted by atomic mass is 16.3. The molecule has 0 unspecified atom stereocenters. The molecule has 2 heterocycles. The molecule has 1 atom stereocenters. The van der Waals surface area contributed by atoms with E-state index in [1.165, 1.54) is 0 Å². The van der Waals surface area contributed by atoms with E-state index in [9.17, 15) is 4.79 Å². The zero-order chi connectivity index (χ0) is 14.7. The predicted octanol–water partition coefficient (Wildman–Crippen LogP) is 2.73. The van der Waals surface area contributed by atoms with E-state index in [4.69, 9.17) is 4.42 Å². The standard InChI is InChI=1S/C16H19N3O2/c1-11-18-15(10-21-11)12-5-7-13(8-6-12)19-16(20)14-4-2-3-9-17-14/h5-8,10,14,17H,2-4,9H2,1H3,(H,19,20)/t14-/m0/s1. The first-order valence-corrected chi connectivity index (χ1v) is 7.29. The first-order chi connectivity index (χ1) is 10.2. The number of nitrogens with zero attached hydrogens (tertiary/aromatic N) is 1. The number of rotatable bonds is 3. The summed E-state index contributed by atoms with van der Waals surface area (Å²) in [5, 5.41) is 6.19. The van der Waals surface area contributed by atoms with Crippen LogP contribution in [0.4, 0.5) is 5.69 Å². The molecule has 21 heavy (non-hydrogen) atoms. The zero-order valence-electron chi connectivity index (χ0n) is 12.1. The SMILES string of the molecule is Cc1nc(-c2ccc(NC(=O)[C@@H]3CCCCN3)cc2)co1. The van der Waals surface area contributed by atoms with Crippen molar-refractivity contribution in [3.63, 3.8) is 0 Å². The van der Waals surface area contributed by atoms with E-state index in [2.05, 4.69) is 15.6 Å². The molecule has 1 aromatic heterocycles. The fourth-order valence-electron chi connectivity index (χ4n) is 2.53. The summed E-state index contributed by atoms with van der Waals surface area (Å²) in [5.74, 6) is 0.686. The Bertz CT molecular complexity index is 613. The van der Waals surface area contributed by atoms with Gasteiger partial charge in [0.25, 0.3) is 0 Å². The molecule has 0 bridgehead atoms. The van der Waals surface area contributed by atoms with Crippen LogP contribution in [0, 0.1) is 6.92 Å². The Morgan fingerprint density at radius 1 is 1.33 bits per heavy atom. The lowest BCUT2D eigenvalue weighted by atomic mass is 10.0. The zero-order valence-corrected chi connectivity index (χ0v) is 12.1. The fraction of sp³-hybridized carbons (Fsp3) is 0.375. The van der Waals surface area contributed by atoms with Gasteiger partial charge in [-0.05, 0) is 31.5 Å². The second-order valence-electron chi connectivity index (χ2n) is 5.32. The molecule has 5 nitrogen and oxygen atoms in total. The lowest BCUT2D eigenvalue weighted by molar-refractivity contribution is -0.118. The van der Waals surface area contributed by atoms with Crippen LogP contribution >= 0.6 is 0 Å². The van der Waals surface area contributed by atoms with E-state index >= 15 is 0 Å². The molecule has 1 fully saturated rings. The molecule has 5 heteroatoms. The number of aryl methyl sites for hydroxylation is 1. The average Bonchev–Trinajstić information content (AvgIpc) is 2.95. The van der Waals surface area contributed by atoms with Crippen molar-refractivity contribution >= 4 is 11.6 Å². The van der Waals surface area contributed by atoms with Gasteiger partial charge >= 0.3 is 0 Å². The summed E-state index contributed by atoms with van der Waals surface area (Å²) < 4.78 is 5.20. The number of carbonyl (C=O) groups is 1. The second-order valence-corrected chi connectivity index (χ2v) is 5.32. The van der Waals surface area contributed by atoms with Crippen LogP contribution in [0.3, 0.4) is 0 Å². The van der Waals surface area contributed by atoms with Gasteiger partial charge in [0, 0.05) is 18.2 Å². The Morgan fingerprint density at radius 3 is 2.76 bits per heavy atom. The van der Waals surface area contributed by atoms with Crippen molar-refractivity contribution in [3.8, 4) is 11.3 Å². The number of nitrogens with one attached hydrogen (secondary N) is 2. The summed E-state index contributed by atoms with van der Waals surface area (Å²) in [5.41, 5.74) is 2.58. The molecular weight excluding hydrogens is 266 g/mol. The summed E-state index contributed by atoms with van der Waals surface area (Å²) >= 11 is 0. The van der Waals surface area contributed by atoms with Crippen LogP contribution < -0.4 is 10.6 Å². The van der Waals surface area contributed by atoms with Crippen molar-refractivity contribution < 1.29 is 9.21 Å². The predicted molar refractivity (Wildman–Crippen MR) is 80.9 cm³/mol. The Morgan fingerprint density at radius 2 is 2.14 bits per heavy atom. The maximum Gasteiger partial charge on any atom is 0.241 e. The van der Waals surface area contributed by atoms with Crippen molar-refractivity contribution in [1.82, 2.24) is 10.3 Å². The van der Waals surface area contributed by atoms with Gasteiger partial charge in [0.1, 0.15) is 12.0 Å². The van der Waals surface area contributed by atoms with E-state index < -0.39 is 0 Å². The maximum atomic E-state index is 12.1. The summed E-state index contributed by atoms with van der Waals surface area (Å²) in [7, 11) is 0. The van der Waals surface area contributed by atoms with Crippen LogP contribution in [0.15, 0.2) is 34.9 Å². The number of hydrogen-bond donors (Lipinski definition) is 2. The van der Waals surface area contributed by atoms with Gasteiger partial charge in [0.2, 0.25) is 5.91 Å². The van der Waals surface area contributed by atoms with Gasteiger partial charge in [-0.15, -0.1) is 0 Å². The molecule has 1 aliphatic heterocycles. The Kier molecular flexibility index (Phi) is 4.01. The number of hydrogen-bond acceptors (Lipinski definition) is 4. The van der Waals surface area contributed by atoms with Gasteiger partial charge in [0.15, 0.2) is 5.89 Å². The molecule has 1 aliphatic rings. The molecular formula is C16H19N3O2. The largest absolute Gasteiger partial charge is 0.449 e. The van der Waals surface area contributed by atoms with Gasteiger partial charge < -0.3 is 15.1 Å². The minimum atomic E-state index is -0.0726. The number of aromatic nitrogens is 1. The number of benzene rings is 1. The minimum Gasteiger partial charge on any atom is -0.449 e. The number of piperidine rings is 1.